The van der Waals surface area contributed by atoms with E-state index >= 15 is 0 Å². The lowest BCUT2D eigenvalue weighted by atomic mass is 10.1. The number of nitrogens with zero attached hydrogens (tertiary/aromatic N) is 6. The van der Waals surface area contributed by atoms with Gasteiger partial charge >= 0.3 is 0 Å². The van der Waals surface area contributed by atoms with E-state index in [2.05, 4.69) is 68.6 Å². The van der Waals surface area contributed by atoms with Gasteiger partial charge in [-0.1, -0.05) is 13.8 Å². The molecular formula is C23H28N8. The molecule has 160 valence electrons. The Hall–Kier alpha value is -3.26. The molecule has 4 aromatic rings. The highest BCUT2D eigenvalue weighted by molar-refractivity contribution is 5.79. The van der Waals surface area contributed by atoms with Crippen LogP contribution in [0.1, 0.15) is 39.3 Å². The van der Waals surface area contributed by atoms with E-state index in [1.54, 1.807) is 0 Å². The maximum absolute atomic E-state index is 4.79. The molecule has 1 aliphatic heterocycles. The second-order valence-corrected chi connectivity index (χ2v) is 8.74. The van der Waals surface area contributed by atoms with Gasteiger partial charge in [-0.15, -0.1) is 0 Å². The molecule has 2 atom stereocenters. The van der Waals surface area contributed by atoms with E-state index in [1.807, 2.05) is 36.8 Å². The Labute approximate surface area is 181 Å². The number of hydrogen-bond donors (Lipinski definition) is 2. The Balaban J connectivity index is 1.42. The third-order valence-electron chi connectivity index (χ3n) is 5.74. The summed E-state index contributed by atoms with van der Waals surface area (Å²) in [6.07, 6.45) is 5.68. The van der Waals surface area contributed by atoms with Gasteiger partial charge in [-0.2, -0.15) is 4.98 Å². The van der Waals surface area contributed by atoms with Crippen LogP contribution in [0.2, 0.25) is 0 Å². The summed E-state index contributed by atoms with van der Waals surface area (Å²) in [5.74, 6) is 1.59. The lowest BCUT2D eigenvalue weighted by molar-refractivity contribution is 0.407. The fraction of sp³-hybridized carbons (Fsp3) is 0.391. The number of pyridine rings is 2. The van der Waals surface area contributed by atoms with Gasteiger partial charge in [0.2, 0.25) is 5.95 Å². The molecule has 1 saturated heterocycles. The van der Waals surface area contributed by atoms with Gasteiger partial charge in [0.1, 0.15) is 11.5 Å². The van der Waals surface area contributed by atoms with E-state index < -0.39 is 0 Å². The highest BCUT2D eigenvalue weighted by atomic mass is 15.2. The first-order valence-electron chi connectivity index (χ1n) is 10.8. The molecule has 0 aromatic carbocycles. The lowest BCUT2D eigenvalue weighted by Crippen LogP contribution is -2.54. The topological polar surface area (TPSA) is 83.3 Å². The standard InChI is InChI=1S/C23H28N8/c1-14(2)19-11-25-21-8-5-17-9-26-23(29-22(17)31(19)21)28-20-7-6-18(10-24-20)30-12-15(3)27-16(4)13-30/h5-11,14-16,27H,12-13H2,1-4H3,(H,24,26,28,29)/t15-,16+. The van der Waals surface area contributed by atoms with Gasteiger partial charge in [0.05, 0.1) is 11.9 Å². The molecule has 5 heterocycles. The number of hydrogen-bond acceptors (Lipinski definition) is 7. The van der Waals surface area contributed by atoms with Crippen molar-refractivity contribution in [1.82, 2.24) is 29.7 Å². The van der Waals surface area contributed by atoms with Gasteiger partial charge in [-0.05, 0) is 44.0 Å². The number of aromatic nitrogens is 5. The van der Waals surface area contributed by atoms with Crippen LogP contribution >= 0.6 is 0 Å². The monoisotopic (exact) mass is 416 g/mol. The molecule has 1 fully saturated rings. The summed E-state index contributed by atoms with van der Waals surface area (Å²) in [5.41, 5.74) is 4.00. The third kappa shape index (κ3) is 3.79. The molecule has 0 unspecified atom stereocenters. The highest BCUT2D eigenvalue weighted by Crippen LogP contribution is 2.24. The normalized spacial score (nSPS) is 19.5. The van der Waals surface area contributed by atoms with Crippen LogP contribution in [0.4, 0.5) is 17.5 Å². The minimum Gasteiger partial charge on any atom is -0.367 e. The number of anilines is 3. The van der Waals surface area contributed by atoms with Crippen molar-refractivity contribution in [3.63, 3.8) is 0 Å². The second kappa shape index (κ2) is 7.77. The average molecular weight is 417 g/mol. The molecule has 0 saturated carbocycles. The largest absolute Gasteiger partial charge is 0.367 e. The van der Waals surface area contributed by atoms with Crippen molar-refractivity contribution in [3.05, 3.63) is 48.5 Å². The van der Waals surface area contributed by atoms with Crippen LogP contribution < -0.4 is 15.5 Å². The van der Waals surface area contributed by atoms with E-state index in [-0.39, 0.29) is 0 Å². The molecule has 0 spiro atoms. The number of nitrogens with one attached hydrogen (secondary N) is 2. The zero-order valence-electron chi connectivity index (χ0n) is 18.4. The summed E-state index contributed by atoms with van der Waals surface area (Å²) in [7, 11) is 0. The van der Waals surface area contributed by atoms with Crippen molar-refractivity contribution >= 4 is 34.1 Å². The highest BCUT2D eigenvalue weighted by Gasteiger charge is 2.21. The van der Waals surface area contributed by atoms with E-state index in [1.165, 1.54) is 0 Å². The van der Waals surface area contributed by atoms with E-state index in [0.717, 1.165) is 47.0 Å². The van der Waals surface area contributed by atoms with Crippen LogP contribution in [-0.4, -0.2) is 49.5 Å². The first-order chi connectivity index (χ1) is 15.0. The minimum absolute atomic E-state index is 0.344. The maximum Gasteiger partial charge on any atom is 0.230 e. The summed E-state index contributed by atoms with van der Waals surface area (Å²) in [6, 6.07) is 9.02. The first-order valence-corrected chi connectivity index (χ1v) is 10.8. The molecular weight excluding hydrogens is 388 g/mol. The van der Waals surface area contributed by atoms with Gasteiger partial charge in [0.25, 0.3) is 0 Å². The van der Waals surface area contributed by atoms with Crippen LogP contribution in [0.3, 0.4) is 0 Å². The van der Waals surface area contributed by atoms with E-state index in [9.17, 15) is 0 Å². The van der Waals surface area contributed by atoms with Crippen LogP contribution in [0.5, 0.6) is 0 Å². The second-order valence-electron chi connectivity index (χ2n) is 8.74. The molecule has 5 rings (SSSR count). The number of piperazine rings is 1. The Kier molecular flexibility index (Phi) is 4.94. The van der Waals surface area contributed by atoms with E-state index in [4.69, 9.17) is 4.98 Å². The van der Waals surface area contributed by atoms with Crippen molar-refractivity contribution in [1.29, 1.82) is 0 Å². The summed E-state index contributed by atoms with van der Waals surface area (Å²) in [5, 5.41) is 7.79. The Bertz CT molecular complexity index is 1200. The Morgan fingerprint density at radius 3 is 2.48 bits per heavy atom. The van der Waals surface area contributed by atoms with Crippen LogP contribution in [0.15, 0.2) is 42.9 Å². The van der Waals surface area contributed by atoms with Crippen molar-refractivity contribution in [2.45, 2.75) is 45.7 Å². The zero-order valence-corrected chi connectivity index (χ0v) is 18.4. The third-order valence-corrected chi connectivity index (χ3v) is 5.74. The van der Waals surface area contributed by atoms with Crippen LogP contribution in [-0.2, 0) is 0 Å². The Morgan fingerprint density at radius 2 is 1.77 bits per heavy atom. The summed E-state index contributed by atoms with van der Waals surface area (Å²) in [4.78, 5) is 20.8. The zero-order chi connectivity index (χ0) is 21.5. The quantitative estimate of drug-likeness (QED) is 0.524. The van der Waals surface area contributed by atoms with Crippen LogP contribution in [0, 0.1) is 0 Å². The molecule has 0 radical (unpaired) electrons. The fourth-order valence-corrected chi connectivity index (χ4v) is 4.34. The van der Waals surface area contributed by atoms with Gasteiger partial charge in [-0.25, -0.2) is 15.0 Å². The molecule has 8 heteroatoms. The maximum atomic E-state index is 4.79. The van der Waals surface area contributed by atoms with Crippen molar-refractivity contribution in [2.75, 3.05) is 23.3 Å². The molecule has 0 bridgehead atoms. The summed E-state index contributed by atoms with van der Waals surface area (Å²) >= 11 is 0. The molecule has 0 aliphatic carbocycles. The molecule has 4 aromatic heterocycles. The molecule has 1 aliphatic rings. The van der Waals surface area contributed by atoms with Gasteiger partial charge in [0.15, 0.2) is 5.65 Å². The number of fused-ring (bicyclic) bond motifs is 3. The van der Waals surface area contributed by atoms with Gasteiger partial charge < -0.3 is 15.5 Å². The number of imidazole rings is 1. The van der Waals surface area contributed by atoms with Crippen LogP contribution in [0.25, 0.3) is 16.7 Å². The van der Waals surface area contributed by atoms with Gasteiger partial charge in [0, 0.05) is 48.6 Å². The fourth-order valence-electron chi connectivity index (χ4n) is 4.34. The SMILES string of the molecule is CC(C)c1cnc2ccc3cnc(Nc4ccc(N5C[C@@H](C)N[C@@H](C)C5)cn4)nc3n12. The molecule has 0 amide bonds. The van der Waals surface area contributed by atoms with Gasteiger partial charge in [-0.3, -0.25) is 4.40 Å². The lowest BCUT2D eigenvalue weighted by Gasteiger charge is -2.37. The summed E-state index contributed by atoms with van der Waals surface area (Å²) in [6.45, 7) is 10.7. The summed E-state index contributed by atoms with van der Waals surface area (Å²) < 4.78 is 2.11. The van der Waals surface area contributed by atoms with E-state index in [0.29, 0.717) is 23.9 Å². The van der Waals surface area contributed by atoms with Crippen molar-refractivity contribution in [3.8, 4) is 0 Å². The minimum atomic E-state index is 0.344. The predicted molar refractivity (Wildman–Crippen MR) is 124 cm³/mol. The number of rotatable bonds is 4. The predicted octanol–water partition coefficient (Wildman–Crippen LogP) is 3.73. The molecule has 31 heavy (non-hydrogen) atoms. The van der Waals surface area contributed by atoms with Crippen molar-refractivity contribution in [2.24, 2.45) is 0 Å². The Morgan fingerprint density at radius 1 is 0.968 bits per heavy atom. The molecule has 8 nitrogen and oxygen atoms in total. The average Bonchev–Trinajstić information content (AvgIpc) is 3.19. The molecule has 2 N–H and O–H groups in total. The first kappa shape index (κ1) is 19.7. The van der Waals surface area contributed by atoms with Crippen molar-refractivity contribution < 1.29 is 0 Å². The smallest absolute Gasteiger partial charge is 0.230 e.